The molecule has 0 spiro atoms. The van der Waals surface area contributed by atoms with Crippen LogP contribution in [0.15, 0.2) is 12.3 Å². The summed E-state index contributed by atoms with van der Waals surface area (Å²) in [4.78, 5) is 0. The van der Waals surface area contributed by atoms with Crippen LogP contribution in [0.4, 0.5) is 0 Å². The van der Waals surface area contributed by atoms with Crippen molar-refractivity contribution in [2.24, 2.45) is 5.73 Å². The average molecular weight is 241 g/mol. The first-order valence-corrected chi connectivity index (χ1v) is 6.75. The first kappa shape index (κ1) is 21.3. The van der Waals surface area contributed by atoms with E-state index < -0.39 is 0 Å². The lowest BCUT2D eigenvalue weighted by Crippen LogP contribution is -1.97. The standard InChI is InChI=1S/C9H14N2.2C2H6.CH5N/c1-3-5-9-8(4-2)6-7-10-11-9;3*1-2/h6-7H,3-5H2,1-2H3;2*1-2H3;2H2,1H3. The summed E-state index contributed by atoms with van der Waals surface area (Å²) in [6.07, 6.45) is 5.02. The Bertz CT molecular complexity index is 224. The highest BCUT2D eigenvalue weighted by Gasteiger charge is 1.99. The Labute approximate surface area is 108 Å². The van der Waals surface area contributed by atoms with E-state index in [1.165, 1.54) is 12.6 Å². The number of nitrogens with zero attached hydrogens (tertiary/aromatic N) is 2. The van der Waals surface area contributed by atoms with Crippen LogP contribution in [0, 0.1) is 0 Å². The van der Waals surface area contributed by atoms with Crippen LogP contribution in [0.1, 0.15) is 59.2 Å². The van der Waals surface area contributed by atoms with E-state index in [-0.39, 0.29) is 0 Å². The van der Waals surface area contributed by atoms with Gasteiger partial charge in [-0.15, -0.1) is 0 Å². The molecule has 1 heterocycles. The number of aryl methyl sites for hydroxylation is 2. The Morgan fingerprint density at radius 3 is 2.00 bits per heavy atom. The van der Waals surface area contributed by atoms with Crippen LogP contribution in [0.3, 0.4) is 0 Å². The molecule has 0 amide bonds. The summed E-state index contributed by atoms with van der Waals surface area (Å²) in [5.74, 6) is 0. The molecule has 0 bridgehead atoms. The summed E-state index contributed by atoms with van der Waals surface area (Å²) in [5.41, 5.74) is 7.00. The van der Waals surface area contributed by atoms with E-state index in [1.807, 2.05) is 27.7 Å². The largest absolute Gasteiger partial charge is 0.333 e. The summed E-state index contributed by atoms with van der Waals surface area (Å²) in [5, 5.41) is 7.95. The van der Waals surface area contributed by atoms with Crippen LogP contribution >= 0.6 is 0 Å². The quantitative estimate of drug-likeness (QED) is 0.879. The SMILES string of the molecule is CC.CC.CCCc1nnccc1CC.CN. The molecule has 0 saturated carbocycles. The molecular weight excluding hydrogens is 210 g/mol. The number of aromatic nitrogens is 2. The van der Waals surface area contributed by atoms with E-state index in [2.05, 4.69) is 35.8 Å². The normalized spacial score (nSPS) is 7.53. The van der Waals surface area contributed by atoms with Crippen molar-refractivity contribution in [1.29, 1.82) is 0 Å². The van der Waals surface area contributed by atoms with Gasteiger partial charge in [-0.2, -0.15) is 10.2 Å². The van der Waals surface area contributed by atoms with Gasteiger partial charge in [0.1, 0.15) is 0 Å². The van der Waals surface area contributed by atoms with E-state index in [0.717, 1.165) is 25.0 Å². The van der Waals surface area contributed by atoms with E-state index >= 15 is 0 Å². The van der Waals surface area contributed by atoms with Crippen LogP contribution in [0.2, 0.25) is 0 Å². The lowest BCUT2D eigenvalue weighted by molar-refractivity contribution is 0.813. The molecule has 0 saturated heterocycles. The molecule has 1 aromatic heterocycles. The third-order valence-electron chi connectivity index (χ3n) is 1.76. The Hall–Kier alpha value is -0.960. The second-order valence-corrected chi connectivity index (χ2v) is 2.61. The molecule has 0 aliphatic carbocycles. The molecule has 1 rings (SSSR count). The first-order chi connectivity index (χ1) is 8.38. The topological polar surface area (TPSA) is 51.8 Å². The Kier molecular flexibility index (Phi) is 25.7. The predicted octanol–water partition coefficient (Wildman–Crippen LogP) is 3.62. The lowest BCUT2D eigenvalue weighted by Gasteiger charge is -2.01. The predicted molar refractivity (Wildman–Crippen MR) is 78.2 cm³/mol. The molecule has 102 valence electrons. The molecule has 3 heteroatoms. The van der Waals surface area contributed by atoms with Gasteiger partial charge in [-0.3, -0.25) is 0 Å². The maximum atomic E-state index is 4.50. The summed E-state index contributed by atoms with van der Waals surface area (Å²) < 4.78 is 0. The van der Waals surface area contributed by atoms with Crippen LogP contribution < -0.4 is 5.73 Å². The van der Waals surface area contributed by atoms with Gasteiger partial charge in [-0.25, -0.2) is 0 Å². The van der Waals surface area contributed by atoms with E-state index in [0.29, 0.717) is 0 Å². The molecule has 0 aliphatic heterocycles. The second-order valence-electron chi connectivity index (χ2n) is 2.61. The summed E-state index contributed by atoms with van der Waals surface area (Å²) in [7, 11) is 1.50. The Morgan fingerprint density at radius 2 is 1.59 bits per heavy atom. The van der Waals surface area contributed by atoms with Crippen LogP contribution in [0.25, 0.3) is 0 Å². The highest BCUT2D eigenvalue weighted by Crippen LogP contribution is 2.06. The molecule has 17 heavy (non-hydrogen) atoms. The van der Waals surface area contributed by atoms with Crippen molar-refractivity contribution < 1.29 is 0 Å². The van der Waals surface area contributed by atoms with Gasteiger partial charge in [0, 0.05) is 6.20 Å². The van der Waals surface area contributed by atoms with Gasteiger partial charge in [0.15, 0.2) is 0 Å². The highest BCUT2D eigenvalue weighted by atomic mass is 15.1. The molecule has 1 aromatic rings. The molecule has 0 fully saturated rings. The zero-order chi connectivity index (χ0) is 14.1. The van der Waals surface area contributed by atoms with Crippen LogP contribution in [-0.2, 0) is 12.8 Å². The van der Waals surface area contributed by atoms with Crippen molar-refractivity contribution in [1.82, 2.24) is 10.2 Å². The number of hydrogen-bond acceptors (Lipinski definition) is 3. The van der Waals surface area contributed by atoms with Crippen molar-refractivity contribution in [3.8, 4) is 0 Å². The minimum Gasteiger partial charge on any atom is -0.333 e. The minimum absolute atomic E-state index is 1.05. The fourth-order valence-corrected chi connectivity index (χ4v) is 1.16. The monoisotopic (exact) mass is 241 g/mol. The summed E-state index contributed by atoms with van der Waals surface area (Å²) in [6.45, 7) is 12.3. The number of rotatable bonds is 3. The third-order valence-corrected chi connectivity index (χ3v) is 1.76. The van der Waals surface area contributed by atoms with E-state index in [4.69, 9.17) is 0 Å². The van der Waals surface area contributed by atoms with Crippen molar-refractivity contribution in [3.63, 3.8) is 0 Å². The molecule has 0 radical (unpaired) electrons. The van der Waals surface area contributed by atoms with Gasteiger partial charge in [-0.05, 0) is 31.5 Å². The van der Waals surface area contributed by atoms with Gasteiger partial charge in [0.2, 0.25) is 0 Å². The zero-order valence-electron chi connectivity index (χ0n) is 12.7. The number of nitrogens with two attached hydrogens (primary N) is 1. The van der Waals surface area contributed by atoms with Gasteiger partial charge in [-0.1, -0.05) is 48.0 Å². The number of hydrogen-bond donors (Lipinski definition) is 1. The summed E-state index contributed by atoms with van der Waals surface area (Å²) >= 11 is 0. The molecule has 0 aliphatic rings. The third kappa shape index (κ3) is 11.3. The van der Waals surface area contributed by atoms with Crippen LogP contribution in [-0.4, -0.2) is 17.2 Å². The van der Waals surface area contributed by atoms with Gasteiger partial charge in [0.05, 0.1) is 5.69 Å². The molecule has 2 N–H and O–H groups in total. The Balaban J connectivity index is -0.000000285. The fraction of sp³-hybridized carbons (Fsp3) is 0.714. The molecule has 0 aromatic carbocycles. The molecule has 3 nitrogen and oxygen atoms in total. The van der Waals surface area contributed by atoms with Crippen molar-refractivity contribution >= 4 is 0 Å². The molecular formula is C14H31N3. The van der Waals surface area contributed by atoms with Crippen molar-refractivity contribution in [2.75, 3.05) is 7.05 Å². The fourth-order valence-electron chi connectivity index (χ4n) is 1.16. The molecule has 0 atom stereocenters. The second kappa shape index (κ2) is 20.5. The van der Waals surface area contributed by atoms with Crippen molar-refractivity contribution in [3.05, 3.63) is 23.5 Å². The smallest absolute Gasteiger partial charge is 0.0662 e. The van der Waals surface area contributed by atoms with Crippen LogP contribution in [0.5, 0.6) is 0 Å². The maximum absolute atomic E-state index is 4.50. The first-order valence-electron chi connectivity index (χ1n) is 6.75. The van der Waals surface area contributed by atoms with E-state index in [1.54, 1.807) is 6.20 Å². The van der Waals surface area contributed by atoms with Gasteiger partial charge in [0.25, 0.3) is 0 Å². The molecule has 0 unspecified atom stereocenters. The van der Waals surface area contributed by atoms with E-state index in [9.17, 15) is 0 Å². The highest BCUT2D eigenvalue weighted by molar-refractivity contribution is 5.16. The van der Waals surface area contributed by atoms with Gasteiger partial charge < -0.3 is 5.73 Å². The zero-order valence-corrected chi connectivity index (χ0v) is 12.7. The van der Waals surface area contributed by atoms with Crippen molar-refractivity contribution in [2.45, 2.75) is 60.8 Å². The van der Waals surface area contributed by atoms with Gasteiger partial charge >= 0.3 is 0 Å². The minimum atomic E-state index is 1.05. The lowest BCUT2D eigenvalue weighted by atomic mass is 10.1. The average Bonchev–Trinajstić information content (AvgIpc) is 2.46. The maximum Gasteiger partial charge on any atom is 0.0662 e. The summed E-state index contributed by atoms with van der Waals surface area (Å²) in [6, 6.07) is 2.05. The Morgan fingerprint density at radius 1 is 1.06 bits per heavy atom.